The first-order valence-corrected chi connectivity index (χ1v) is 8.93. The molecule has 0 aliphatic rings. The molecule has 0 aliphatic heterocycles. The number of para-hydroxylation sites is 1. The number of nitrogens with one attached hydrogen (secondary N) is 1. The molecular formula is C15H20N4O2S2. The van der Waals surface area contributed by atoms with Gasteiger partial charge in [0.25, 0.3) is 0 Å². The molecule has 124 valence electrons. The van der Waals surface area contributed by atoms with Crippen molar-refractivity contribution in [1.29, 1.82) is 0 Å². The van der Waals surface area contributed by atoms with Crippen LogP contribution in [0, 0.1) is 0 Å². The smallest absolute Gasteiger partial charge is 0.230 e. The van der Waals surface area contributed by atoms with Gasteiger partial charge in [0.05, 0.1) is 18.9 Å². The van der Waals surface area contributed by atoms with E-state index in [1.165, 1.54) is 23.1 Å². The Bertz CT molecular complexity index is 620. The van der Waals surface area contributed by atoms with Crippen molar-refractivity contribution in [2.75, 3.05) is 33.5 Å². The molecule has 6 nitrogen and oxygen atoms in total. The number of amides is 1. The highest BCUT2D eigenvalue weighted by Crippen LogP contribution is 2.27. The number of aromatic nitrogens is 2. The van der Waals surface area contributed by atoms with E-state index < -0.39 is 0 Å². The van der Waals surface area contributed by atoms with Gasteiger partial charge in [-0.15, -0.1) is 10.2 Å². The first-order valence-electron chi connectivity index (χ1n) is 7.06. The largest absolute Gasteiger partial charge is 0.496 e. The van der Waals surface area contributed by atoms with E-state index in [9.17, 15) is 4.79 Å². The van der Waals surface area contributed by atoms with Gasteiger partial charge in [-0.2, -0.15) is 0 Å². The number of hydrogen-bond donors (Lipinski definition) is 1. The van der Waals surface area contributed by atoms with Crippen LogP contribution in [0.2, 0.25) is 0 Å². The van der Waals surface area contributed by atoms with Gasteiger partial charge >= 0.3 is 0 Å². The van der Waals surface area contributed by atoms with E-state index in [2.05, 4.69) is 20.4 Å². The zero-order chi connectivity index (χ0) is 16.7. The Hall–Kier alpha value is -1.64. The Balaban J connectivity index is 1.93. The van der Waals surface area contributed by atoms with Crippen molar-refractivity contribution in [3.8, 4) is 5.75 Å². The third-order valence-electron chi connectivity index (χ3n) is 3.28. The van der Waals surface area contributed by atoms with Gasteiger partial charge in [-0.1, -0.05) is 41.3 Å². The summed E-state index contributed by atoms with van der Waals surface area (Å²) < 4.78 is 6.22. The summed E-state index contributed by atoms with van der Waals surface area (Å²) in [5.41, 5.74) is 2.71. The molecule has 0 fully saturated rings. The normalized spacial score (nSPS) is 12.2. The molecule has 1 aromatic carbocycles. The van der Waals surface area contributed by atoms with Gasteiger partial charge in [0, 0.05) is 12.1 Å². The van der Waals surface area contributed by atoms with Crippen LogP contribution in [0.1, 0.15) is 11.6 Å². The van der Waals surface area contributed by atoms with Crippen LogP contribution in [0.5, 0.6) is 5.75 Å². The summed E-state index contributed by atoms with van der Waals surface area (Å²) in [6.45, 7) is 0.517. The second-order valence-corrected chi connectivity index (χ2v) is 7.07. The zero-order valence-electron chi connectivity index (χ0n) is 13.4. The molecule has 2 rings (SSSR count). The van der Waals surface area contributed by atoms with E-state index in [1.807, 2.05) is 38.4 Å². The number of thioether (sulfide) groups is 1. The monoisotopic (exact) mass is 352 g/mol. The van der Waals surface area contributed by atoms with Gasteiger partial charge in [0.15, 0.2) is 4.34 Å². The van der Waals surface area contributed by atoms with Crippen LogP contribution in [0.3, 0.4) is 0 Å². The molecule has 2 aromatic rings. The topological polar surface area (TPSA) is 67.3 Å². The van der Waals surface area contributed by atoms with E-state index in [4.69, 9.17) is 4.74 Å². The van der Waals surface area contributed by atoms with Crippen LogP contribution in [0.25, 0.3) is 0 Å². The fraction of sp³-hybridized carbons (Fsp3) is 0.400. The molecule has 1 aromatic heterocycles. The second kappa shape index (κ2) is 8.85. The summed E-state index contributed by atoms with van der Waals surface area (Å²) in [7, 11) is 5.63. The highest BCUT2D eigenvalue weighted by Gasteiger charge is 2.19. The highest BCUT2D eigenvalue weighted by molar-refractivity contribution is 8.01. The maximum absolute atomic E-state index is 12.0. The highest BCUT2D eigenvalue weighted by atomic mass is 32.2. The van der Waals surface area contributed by atoms with Crippen molar-refractivity contribution >= 4 is 29.0 Å². The second-order valence-electron chi connectivity index (χ2n) is 5.02. The number of rotatable bonds is 8. The molecular weight excluding hydrogens is 332 g/mol. The van der Waals surface area contributed by atoms with E-state index in [0.717, 1.165) is 15.7 Å². The maximum atomic E-state index is 12.0. The molecule has 0 saturated carbocycles. The minimum absolute atomic E-state index is 0.0213. The molecule has 0 saturated heterocycles. The Kier molecular flexibility index (Phi) is 6.82. The number of hydrogen-bond acceptors (Lipinski definition) is 7. The lowest BCUT2D eigenvalue weighted by Crippen LogP contribution is -2.35. The molecule has 8 heteroatoms. The SMILES string of the molecule is COc1ccccc1C(CNC(=O)CSc1nncs1)N(C)C. The standard InChI is InChI=1S/C15H20N4O2S2/c1-19(2)12(11-6-4-5-7-13(11)21-3)8-16-14(20)9-22-15-18-17-10-23-15/h4-7,10,12H,8-9H2,1-3H3,(H,16,20). The first kappa shape index (κ1) is 17.7. The number of benzene rings is 1. The molecule has 0 spiro atoms. The minimum atomic E-state index is -0.0213. The van der Waals surface area contributed by atoms with Crippen molar-refractivity contribution in [1.82, 2.24) is 20.4 Å². The number of methoxy groups -OCH3 is 1. The van der Waals surface area contributed by atoms with Crippen LogP contribution in [-0.4, -0.2) is 54.5 Å². The maximum Gasteiger partial charge on any atom is 0.230 e. The fourth-order valence-corrected chi connectivity index (χ4v) is 3.45. The van der Waals surface area contributed by atoms with Gasteiger partial charge in [0.2, 0.25) is 5.91 Å². The quantitative estimate of drug-likeness (QED) is 0.734. The number of carbonyl (C=O) groups is 1. The molecule has 1 N–H and O–H groups in total. The predicted molar refractivity (Wildman–Crippen MR) is 93.1 cm³/mol. The van der Waals surface area contributed by atoms with Crippen LogP contribution >= 0.6 is 23.1 Å². The number of ether oxygens (including phenoxy) is 1. The van der Waals surface area contributed by atoms with Crippen LogP contribution in [0.4, 0.5) is 0 Å². The average Bonchev–Trinajstić information content (AvgIpc) is 3.06. The average molecular weight is 352 g/mol. The van der Waals surface area contributed by atoms with E-state index in [1.54, 1.807) is 12.6 Å². The molecule has 0 bridgehead atoms. The zero-order valence-corrected chi connectivity index (χ0v) is 15.0. The van der Waals surface area contributed by atoms with Gasteiger partial charge < -0.3 is 15.0 Å². The Morgan fingerprint density at radius 3 is 2.87 bits per heavy atom. The van der Waals surface area contributed by atoms with Crippen molar-refractivity contribution in [3.63, 3.8) is 0 Å². The van der Waals surface area contributed by atoms with Crippen LogP contribution in [0.15, 0.2) is 34.1 Å². The Labute approximate surface area is 144 Å². The Morgan fingerprint density at radius 1 is 1.43 bits per heavy atom. The fourth-order valence-electron chi connectivity index (χ4n) is 2.13. The molecule has 1 atom stereocenters. The van der Waals surface area contributed by atoms with Gasteiger partial charge in [-0.3, -0.25) is 4.79 Å². The van der Waals surface area contributed by atoms with Gasteiger partial charge in [-0.05, 0) is 20.2 Å². The first-order chi connectivity index (χ1) is 11.1. The van der Waals surface area contributed by atoms with Crippen molar-refractivity contribution < 1.29 is 9.53 Å². The molecule has 1 heterocycles. The minimum Gasteiger partial charge on any atom is -0.496 e. The molecule has 0 aliphatic carbocycles. The lowest BCUT2D eigenvalue weighted by molar-refractivity contribution is -0.118. The lowest BCUT2D eigenvalue weighted by atomic mass is 10.0. The molecule has 0 radical (unpaired) electrons. The molecule has 1 unspecified atom stereocenters. The van der Waals surface area contributed by atoms with E-state index in [-0.39, 0.29) is 11.9 Å². The Morgan fingerprint density at radius 2 is 2.22 bits per heavy atom. The van der Waals surface area contributed by atoms with Crippen molar-refractivity contribution in [3.05, 3.63) is 35.3 Å². The summed E-state index contributed by atoms with van der Waals surface area (Å²) in [6, 6.07) is 7.90. The summed E-state index contributed by atoms with van der Waals surface area (Å²) in [5, 5.41) is 10.6. The third-order valence-corrected chi connectivity index (χ3v) is 5.14. The van der Waals surface area contributed by atoms with E-state index in [0.29, 0.717) is 12.3 Å². The van der Waals surface area contributed by atoms with Gasteiger partial charge in [0.1, 0.15) is 11.3 Å². The summed E-state index contributed by atoms with van der Waals surface area (Å²) in [6.07, 6.45) is 0. The van der Waals surface area contributed by atoms with Crippen molar-refractivity contribution in [2.45, 2.75) is 10.4 Å². The van der Waals surface area contributed by atoms with Crippen molar-refractivity contribution in [2.24, 2.45) is 0 Å². The summed E-state index contributed by atoms with van der Waals surface area (Å²) >= 11 is 2.83. The number of nitrogens with zero attached hydrogens (tertiary/aromatic N) is 3. The summed E-state index contributed by atoms with van der Waals surface area (Å²) in [4.78, 5) is 14.1. The molecule has 1 amide bonds. The number of carbonyl (C=O) groups excluding carboxylic acids is 1. The molecule has 23 heavy (non-hydrogen) atoms. The number of likely N-dealkylation sites (N-methyl/N-ethyl adjacent to an activating group) is 1. The predicted octanol–water partition coefficient (Wildman–Crippen LogP) is 2.06. The van der Waals surface area contributed by atoms with Crippen LogP contribution < -0.4 is 10.1 Å². The van der Waals surface area contributed by atoms with E-state index >= 15 is 0 Å². The van der Waals surface area contributed by atoms with Gasteiger partial charge in [-0.25, -0.2) is 0 Å². The lowest BCUT2D eigenvalue weighted by Gasteiger charge is -2.26. The third kappa shape index (κ3) is 5.19. The van der Waals surface area contributed by atoms with Crippen LogP contribution in [-0.2, 0) is 4.79 Å². The summed E-state index contributed by atoms with van der Waals surface area (Å²) in [5.74, 6) is 1.14.